The summed E-state index contributed by atoms with van der Waals surface area (Å²) in [6.45, 7) is 4.14. The van der Waals surface area contributed by atoms with Gasteiger partial charge < -0.3 is 14.8 Å². The number of aryl methyl sites for hydroxylation is 2. The zero-order valence-electron chi connectivity index (χ0n) is 20.2. The molecule has 0 heterocycles. The highest BCUT2D eigenvalue weighted by molar-refractivity contribution is 6.39. The highest BCUT2D eigenvalue weighted by Crippen LogP contribution is 2.31. The largest absolute Gasteiger partial charge is 0.493 e. The zero-order valence-corrected chi connectivity index (χ0v) is 21.7. The van der Waals surface area contributed by atoms with Gasteiger partial charge in [0.25, 0.3) is 0 Å². The summed E-state index contributed by atoms with van der Waals surface area (Å²) in [7, 11) is 1.51. The summed E-state index contributed by atoms with van der Waals surface area (Å²) in [6.07, 6.45) is 2.87. The van der Waals surface area contributed by atoms with Gasteiger partial charge in [-0.05, 0) is 59.9 Å². The van der Waals surface area contributed by atoms with E-state index in [2.05, 4.69) is 15.8 Å². The first-order valence-corrected chi connectivity index (χ1v) is 12.1. The van der Waals surface area contributed by atoms with E-state index < -0.39 is 11.8 Å². The minimum Gasteiger partial charge on any atom is -0.493 e. The van der Waals surface area contributed by atoms with Crippen LogP contribution < -0.4 is 20.2 Å². The number of methoxy groups -OCH3 is 1. The van der Waals surface area contributed by atoms with Crippen LogP contribution in [0.25, 0.3) is 0 Å². The molecule has 2 amide bonds. The molecule has 0 saturated heterocycles. The van der Waals surface area contributed by atoms with E-state index in [0.717, 1.165) is 24.0 Å². The number of para-hydroxylation sites is 1. The van der Waals surface area contributed by atoms with E-state index in [9.17, 15) is 9.59 Å². The van der Waals surface area contributed by atoms with Gasteiger partial charge >= 0.3 is 11.8 Å². The molecule has 3 rings (SSSR count). The topological polar surface area (TPSA) is 89.0 Å². The number of benzene rings is 3. The van der Waals surface area contributed by atoms with Crippen molar-refractivity contribution in [2.45, 2.75) is 33.3 Å². The number of ether oxygens (including phenoxy) is 2. The molecule has 0 bridgehead atoms. The Kier molecular flexibility index (Phi) is 9.73. The maximum Gasteiger partial charge on any atom is 0.329 e. The van der Waals surface area contributed by atoms with Crippen molar-refractivity contribution in [1.82, 2.24) is 5.43 Å². The lowest BCUT2D eigenvalue weighted by Gasteiger charge is -2.13. The predicted molar refractivity (Wildman–Crippen MR) is 143 cm³/mol. The molecule has 0 unspecified atom stereocenters. The molecule has 188 valence electrons. The van der Waals surface area contributed by atoms with Crippen LogP contribution in [0.5, 0.6) is 11.5 Å². The Morgan fingerprint density at radius 1 is 0.917 bits per heavy atom. The van der Waals surface area contributed by atoms with Crippen LogP contribution >= 0.6 is 23.2 Å². The molecule has 2 N–H and O–H groups in total. The molecule has 3 aromatic carbocycles. The number of amides is 2. The fraction of sp³-hybridized carbons (Fsp3) is 0.222. The van der Waals surface area contributed by atoms with Gasteiger partial charge in [0.2, 0.25) is 0 Å². The van der Waals surface area contributed by atoms with Crippen molar-refractivity contribution < 1.29 is 19.1 Å². The quantitative estimate of drug-likeness (QED) is 0.209. The van der Waals surface area contributed by atoms with Gasteiger partial charge in [0.1, 0.15) is 6.61 Å². The number of anilines is 1. The molecule has 7 nitrogen and oxygen atoms in total. The summed E-state index contributed by atoms with van der Waals surface area (Å²) in [4.78, 5) is 24.7. The Balaban J connectivity index is 1.63. The number of nitrogens with zero attached hydrogens (tertiary/aromatic N) is 1. The second-order valence-electron chi connectivity index (χ2n) is 7.71. The van der Waals surface area contributed by atoms with Crippen molar-refractivity contribution in [2.24, 2.45) is 5.10 Å². The van der Waals surface area contributed by atoms with Gasteiger partial charge in [-0.3, -0.25) is 9.59 Å². The van der Waals surface area contributed by atoms with Crippen LogP contribution in [0.3, 0.4) is 0 Å². The number of rotatable bonds is 9. The van der Waals surface area contributed by atoms with Crippen molar-refractivity contribution in [3.05, 3.63) is 86.9 Å². The van der Waals surface area contributed by atoms with Crippen molar-refractivity contribution >= 4 is 46.9 Å². The Hall–Kier alpha value is -3.55. The lowest BCUT2D eigenvalue weighted by Crippen LogP contribution is -2.33. The Morgan fingerprint density at radius 3 is 2.17 bits per heavy atom. The second-order valence-corrected chi connectivity index (χ2v) is 8.53. The summed E-state index contributed by atoms with van der Waals surface area (Å²) < 4.78 is 11.2. The highest BCUT2D eigenvalue weighted by Gasteiger charge is 2.16. The first-order valence-electron chi connectivity index (χ1n) is 11.4. The Bertz CT molecular complexity index is 1240. The number of carbonyl (C=O) groups excluding carboxylic acids is 2. The van der Waals surface area contributed by atoms with E-state index in [0.29, 0.717) is 38.4 Å². The van der Waals surface area contributed by atoms with Crippen LogP contribution in [-0.4, -0.2) is 25.1 Å². The number of carbonyl (C=O) groups is 2. The lowest BCUT2D eigenvalue weighted by molar-refractivity contribution is -0.136. The molecule has 0 saturated carbocycles. The summed E-state index contributed by atoms with van der Waals surface area (Å²) in [6, 6.07) is 16.1. The molecule has 0 aliphatic heterocycles. The SMILES string of the molecule is CCc1cccc(CC)c1NC(=O)C(=O)N/N=C\c1ccc(OCc2c(Cl)cccc2Cl)c(OC)c1. The second kappa shape index (κ2) is 13.0. The van der Waals surface area contributed by atoms with Crippen LogP contribution in [-0.2, 0) is 29.0 Å². The molecule has 0 aliphatic rings. The van der Waals surface area contributed by atoms with Gasteiger partial charge in [-0.1, -0.05) is 61.3 Å². The molecule has 36 heavy (non-hydrogen) atoms. The van der Waals surface area contributed by atoms with Gasteiger partial charge in [0.15, 0.2) is 11.5 Å². The molecule has 0 fully saturated rings. The number of hydrazone groups is 1. The molecule has 0 spiro atoms. The maximum atomic E-state index is 12.4. The molecule has 0 radical (unpaired) electrons. The van der Waals surface area contributed by atoms with Crippen LogP contribution in [0.15, 0.2) is 59.7 Å². The van der Waals surface area contributed by atoms with Crippen LogP contribution in [0.4, 0.5) is 5.69 Å². The number of hydrogen-bond acceptors (Lipinski definition) is 5. The van der Waals surface area contributed by atoms with Crippen LogP contribution in [0.2, 0.25) is 10.0 Å². The smallest absolute Gasteiger partial charge is 0.329 e. The standard InChI is InChI=1S/C27H27Cl2N3O4/c1-4-18-8-6-9-19(5-2)25(18)31-26(33)27(34)32-30-15-17-12-13-23(24(14-17)35-3)36-16-20-21(28)10-7-11-22(20)29/h6-15H,4-5,16H2,1-3H3,(H,31,33)(H,32,34)/b30-15-. The van der Waals surface area contributed by atoms with Crippen molar-refractivity contribution in [3.63, 3.8) is 0 Å². The third kappa shape index (κ3) is 6.77. The minimum absolute atomic E-state index is 0.161. The van der Waals surface area contributed by atoms with Crippen molar-refractivity contribution in [3.8, 4) is 11.5 Å². The average Bonchev–Trinajstić information content (AvgIpc) is 2.88. The zero-order chi connectivity index (χ0) is 26.1. The molecule has 0 aromatic heterocycles. The molecule has 3 aromatic rings. The van der Waals surface area contributed by atoms with E-state index in [1.807, 2.05) is 32.0 Å². The van der Waals surface area contributed by atoms with E-state index >= 15 is 0 Å². The van der Waals surface area contributed by atoms with Gasteiger partial charge in [0, 0.05) is 21.3 Å². The highest BCUT2D eigenvalue weighted by atomic mass is 35.5. The first-order chi connectivity index (χ1) is 17.4. The fourth-order valence-corrected chi connectivity index (χ4v) is 4.00. The third-order valence-electron chi connectivity index (χ3n) is 5.44. The van der Waals surface area contributed by atoms with Gasteiger partial charge in [0.05, 0.1) is 13.3 Å². The van der Waals surface area contributed by atoms with Crippen LogP contribution in [0, 0.1) is 0 Å². The van der Waals surface area contributed by atoms with E-state index in [1.165, 1.54) is 13.3 Å². The summed E-state index contributed by atoms with van der Waals surface area (Å²) in [5, 5.41) is 7.62. The molecular formula is C27H27Cl2N3O4. The number of halogens is 2. The fourth-order valence-electron chi connectivity index (χ4n) is 3.49. The maximum absolute atomic E-state index is 12.4. The Morgan fingerprint density at radius 2 is 1.56 bits per heavy atom. The first kappa shape index (κ1) is 27.0. The van der Waals surface area contributed by atoms with Gasteiger partial charge in [-0.2, -0.15) is 5.10 Å². The number of nitrogens with one attached hydrogen (secondary N) is 2. The predicted octanol–water partition coefficient (Wildman–Crippen LogP) is 5.79. The van der Waals surface area contributed by atoms with Gasteiger partial charge in [-0.25, -0.2) is 5.43 Å². The van der Waals surface area contributed by atoms with Crippen molar-refractivity contribution in [2.75, 3.05) is 12.4 Å². The normalized spacial score (nSPS) is 10.8. The molecular weight excluding hydrogens is 501 g/mol. The molecule has 0 aliphatic carbocycles. The van der Waals surface area contributed by atoms with Crippen molar-refractivity contribution in [1.29, 1.82) is 0 Å². The van der Waals surface area contributed by atoms with E-state index in [1.54, 1.807) is 36.4 Å². The average molecular weight is 528 g/mol. The van der Waals surface area contributed by atoms with Crippen LogP contribution in [0.1, 0.15) is 36.1 Å². The monoisotopic (exact) mass is 527 g/mol. The van der Waals surface area contributed by atoms with E-state index in [-0.39, 0.29) is 6.61 Å². The summed E-state index contributed by atoms with van der Waals surface area (Å²) in [5.74, 6) is -0.727. The van der Waals surface area contributed by atoms with Gasteiger partial charge in [-0.15, -0.1) is 0 Å². The minimum atomic E-state index is -0.872. The summed E-state index contributed by atoms with van der Waals surface area (Å²) in [5.41, 5.74) is 6.15. The number of hydrogen-bond donors (Lipinski definition) is 2. The molecule has 0 atom stereocenters. The summed E-state index contributed by atoms with van der Waals surface area (Å²) >= 11 is 12.4. The Labute approximate surface area is 220 Å². The third-order valence-corrected chi connectivity index (χ3v) is 6.15. The molecule has 9 heteroatoms. The van der Waals surface area contributed by atoms with E-state index in [4.69, 9.17) is 32.7 Å². The lowest BCUT2D eigenvalue weighted by atomic mass is 10.0.